The smallest absolute Gasteiger partial charge is 0.123 e. The highest BCUT2D eigenvalue weighted by molar-refractivity contribution is 5.32. The van der Waals surface area contributed by atoms with E-state index in [-0.39, 0.29) is 11.4 Å². The van der Waals surface area contributed by atoms with Gasteiger partial charge in [0.1, 0.15) is 5.82 Å². The molecule has 0 aliphatic heterocycles. The van der Waals surface area contributed by atoms with Crippen LogP contribution in [0.1, 0.15) is 37.7 Å². The van der Waals surface area contributed by atoms with Crippen molar-refractivity contribution in [3.8, 4) is 0 Å². The minimum atomic E-state index is -0.225. The van der Waals surface area contributed by atoms with Crippen LogP contribution in [0.2, 0.25) is 0 Å². The van der Waals surface area contributed by atoms with Gasteiger partial charge in [0.15, 0.2) is 0 Å². The molecule has 86 valence electrons. The van der Waals surface area contributed by atoms with E-state index in [0.29, 0.717) is 5.92 Å². The van der Waals surface area contributed by atoms with Crippen LogP contribution in [0.3, 0.4) is 0 Å². The zero-order chi connectivity index (χ0) is 11.2. The van der Waals surface area contributed by atoms with Crippen molar-refractivity contribution in [3.05, 3.63) is 35.6 Å². The van der Waals surface area contributed by atoms with Crippen LogP contribution in [0.5, 0.6) is 0 Å². The highest BCUT2D eigenvalue weighted by Gasteiger charge is 2.55. The van der Waals surface area contributed by atoms with Gasteiger partial charge >= 0.3 is 0 Å². The molecule has 16 heavy (non-hydrogen) atoms. The second-order valence-corrected chi connectivity index (χ2v) is 5.41. The van der Waals surface area contributed by atoms with Crippen LogP contribution < -0.4 is 5.73 Å². The van der Waals surface area contributed by atoms with E-state index in [9.17, 15) is 4.39 Å². The lowest BCUT2D eigenvalue weighted by atomic mass is 9.94. The van der Waals surface area contributed by atoms with Crippen molar-refractivity contribution in [1.29, 1.82) is 0 Å². The minimum absolute atomic E-state index is 0.167. The first-order valence-corrected chi connectivity index (χ1v) is 6.25. The van der Waals surface area contributed by atoms with Crippen molar-refractivity contribution in [1.82, 2.24) is 0 Å². The quantitative estimate of drug-likeness (QED) is 0.812. The van der Waals surface area contributed by atoms with Crippen LogP contribution in [0.4, 0.5) is 4.39 Å². The molecule has 0 heterocycles. The van der Waals surface area contributed by atoms with E-state index in [0.717, 1.165) is 17.9 Å². The highest BCUT2D eigenvalue weighted by atomic mass is 19.1. The summed E-state index contributed by atoms with van der Waals surface area (Å²) in [5.74, 6) is 1.21. The number of benzene rings is 1. The molecule has 0 amide bonds. The molecule has 0 saturated heterocycles. The molecule has 2 N–H and O–H groups in total. The number of halogens is 1. The van der Waals surface area contributed by atoms with Gasteiger partial charge in [0.25, 0.3) is 0 Å². The third-order valence-electron chi connectivity index (χ3n) is 4.39. The maximum atomic E-state index is 13.2. The Kier molecular flexibility index (Phi) is 2.28. The average molecular weight is 219 g/mol. The molecule has 2 heteroatoms. The fourth-order valence-corrected chi connectivity index (χ4v) is 3.36. The summed E-state index contributed by atoms with van der Waals surface area (Å²) >= 11 is 0. The van der Waals surface area contributed by atoms with Crippen LogP contribution in [0.15, 0.2) is 24.3 Å². The van der Waals surface area contributed by atoms with Crippen LogP contribution in [0.25, 0.3) is 0 Å². The molecule has 0 radical (unpaired) electrons. The van der Waals surface area contributed by atoms with E-state index in [2.05, 4.69) is 0 Å². The van der Waals surface area contributed by atoms with Gasteiger partial charge in [-0.3, -0.25) is 0 Å². The number of rotatable bonds is 2. The number of hydrogen-bond acceptors (Lipinski definition) is 1. The second-order valence-electron chi connectivity index (χ2n) is 5.41. The number of nitrogens with two attached hydrogens (primary N) is 1. The highest BCUT2D eigenvalue weighted by Crippen LogP contribution is 2.57. The van der Waals surface area contributed by atoms with Crippen molar-refractivity contribution >= 4 is 0 Å². The number of hydrogen-bond donors (Lipinski definition) is 1. The summed E-state index contributed by atoms with van der Waals surface area (Å²) in [6.45, 7) is 0. The van der Waals surface area contributed by atoms with E-state index in [1.54, 1.807) is 12.1 Å². The molecule has 0 aromatic heterocycles. The van der Waals surface area contributed by atoms with Crippen molar-refractivity contribution in [2.24, 2.45) is 17.6 Å². The Bertz CT molecular complexity index is 397. The van der Waals surface area contributed by atoms with E-state index in [1.807, 2.05) is 6.07 Å². The van der Waals surface area contributed by atoms with Gasteiger partial charge in [0, 0.05) is 5.54 Å². The third kappa shape index (κ3) is 1.56. The lowest BCUT2D eigenvalue weighted by Crippen LogP contribution is -2.24. The average Bonchev–Trinajstić information content (AvgIpc) is 2.76. The predicted molar refractivity (Wildman–Crippen MR) is 62.3 cm³/mol. The Morgan fingerprint density at radius 3 is 2.69 bits per heavy atom. The summed E-state index contributed by atoms with van der Waals surface area (Å²) in [5, 5.41) is 0. The molecule has 0 spiro atoms. The molecule has 2 aliphatic carbocycles. The molecular weight excluding hydrogens is 201 g/mol. The van der Waals surface area contributed by atoms with Gasteiger partial charge in [-0.1, -0.05) is 37.8 Å². The SMILES string of the molecule is NC1(c2cccc(F)c2)CC1C1CCCC1. The minimum Gasteiger partial charge on any atom is -0.321 e. The summed E-state index contributed by atoms with van der Waals surface area (Å²) in [7, 11) is 0. The van der Waals surface area contributed by atoms with Crippen molar-refractivity contribution < 1.29 is 4.39 Å². The Morgan fingerprint density at radius 2 is 2.00 bits per heavy atom. The lowest BCUT2D eigenvalue weighted by Gasteiger charge is -2.16. The maximum absolute atomic E-state index is 13.2. The molecule has 0 bridgehead atoms. The largest absolute Gasteiger partial charge is 0.321 e. The summed E-state index contributed by atoms with van der Waals surface area (Å²) < 4.78 is 13.2. The van der Waals surface area contributed by atoms with Crippen LogP contribution in [-0.2, 0) is 5.54 Å². The predicted octanol–water partition coefficient (Wildman–Crippen LogP) is 3.19. The van der Waals surface area contributed by atoms with E-state index >= 15 is 0 Å². The molecule has 1 aromatic carbocycles. The fourth-order valence-electron chi connectivity index (χ4n) is 3.36. The standard InChI is InChI=1S/C14H18FN/c15-12-7-3-6-11(8-12)14(16)9-13(14)10-4-1-2-5-10/h3,6-8,10,13H,1-2,4-5,9,16H2. The first kappa shape index (κ1) is 10.3. The second kappa shape index (κ2) is 3.56. The third-order valence-corrected chi connectivity index (χ3v) is 4.39. The van der Waals surface area contributed by atoms with Crippen LogP contribution >= 0.6 is 0 Å². The molecule has 2 unspecified atom stereocenters. The van der Waals surface area contributed by atoms with Crippen molar-refractivity contribution in [2.45, 2.75) is 37.6 Å². The zero-order valence-electron chi connectivity index (χ0n) is 9.45. The molecule has 1 nitrogen and oxygen atoms in total. The Morgan fingerprint density at radius 1 is 1.25 bits per heavy atom. The maximum Gasteiger partial charge on any atom is 0.123 e. The van der Waals surface area contributed by atoms with Gasteiger partial charge in [0.05, 0.1) is 0 Å². The van der Waals surface area contributed by atoms with Crippen molar-refractivity contribution in [2.75, 3.05) is 0 Å². The molecule has 1 aromatic rings. The summed E-state index contributed by atoms with van der Waals surface area (Å²) in [6.07, 6.45) is 6.37. The van der Waals surface area contributed by atoms with Gasteiger partial charge in [0.2, 0.25) is 0 Å². The Balaban J connectivity index is 1.80. The topological polar surface area (TPSA) is 26.0 Å². The van der Waals surface area contributed by atoms with Crippen LogP contribution in [0, 0.1) is 17.7 Å². The Labute approximate surface area is 95.8 Å². The summed E-state index contributed by atoms with van der Waals surface area (Å²) in [6, 6.07) is 6.83. The molecular formula is C14H18FN. The van der Waals surface area contributed by atoms with Gasteiger partial charge in [-0.05, 0) is 36.0 Å². The van der Waals surface area contributed by atoms with Crippen molar-refractivity contribution in [3.63, 3.8) is 0 Å². The first-order valence-electron chi connectivity index (χ1n) is 6.25. The molecule has 2 saturated carbocycles. The molecule has 2 atom stereocenters. The zero-order valence-corrected chi connectivity index (χ0v) is 9.45. The van der Waals surface area contributed by atoms with Gasteiger partial charge in [-0.15, -0.1) is 0 Å². The normalized spacial score (nSPS) is 34.2. The van der Waals surface area contributed by atoms with Gasteiger partial charge < -0.3 is 5.73 Å². The van der Waals surface area contributed by atoms with Gasteiger partial charge in [-0.2, -0.15) is 0 Å². The molecule has 2 aliphatic rings. The fraction of sp³-hybridized carbons (Fsp3) is 0.571. The summed E-state index contributed by atoms with van der Waals surface area (Å²) in [4.78, 5) is 0. The van der Waals surface area contributed by atoms with E-state index in [4.69, 9.17) is 5.73 Å². The van der Waals surface area contributed by atoms with Gasteiger partial charge in [-0.25, -0.2) is 4.39 Å². The van der Waals surface area contributed by atoms with Crippen LogP contribution in [-0.4, -0.2) is 0 Å². The van der Waals surface area contributed by atoms with E-state index in [1.165, 1.54) is 31.7 Å². The summed E-state index contributed by atoms with van der Waals surface area (Å²) in [5.41, 5.74) is 7.16. The lowest BCUT2D eigenvalue weighted by molar-refractivity contribution is 0.427. The van der Waals surface area contributed by atoms with E-state index < -0.39 is 0 Å². The monoisotopic (exact) mass is 219 g/mol. The first-order chi connectivity index (χ1) is 7.70. The Hall–Kier alpha value is -0.890. The molecule has 3 rings (SSSR count). The molecule has 2 fully saturated rings.